The van der Waals surface area contributed by atoms with Gasteiger partial charge in [-0.25, -0.2) is 17.6 Å². The maximum absolute atomic E-state index is 13.4. The molecule has 23 heteroatoms. The van der Waals surface area contributed by atoms with Gasteiger partial charge in [-0.2, -0.15) is 4.39 Å². The standard InChI is InChI=1S/C14H11BrClFO2.C14H11BrFNO4.C14H13BrFNO2.C6H2BrF2NO2/c1-8-3-4-12(14(5-8)18-2)19-13-6-9(15)11(17)7-10(13)16;1-8-3-4-12(14(5-8)20-2)21-13-6-9(15)10(16)7-11(13)17(18)19;1-8-3-4-12(14(5-8)18-2)19-13-6-9(15)10(16)7-11(13)17;7-3-1-5(9)6(10(11)12)2-4(3)8/h3-7H,1-2H3;3-7H,1-2H3;3-7H,17H2,1-2H3;1-2H. The number of benzene rings is 7. The molecular formula is C48H37Br4ClF5N3O10. The number of nitro benzene ring substituents is 2. The van der Waals surface area contributed by atoms with E-state index in [0.29, 0.717) is 62.6 Å². The van der Waals surface area contributed by atoms with Crippen LogP contribution in [0, 0.1) is 70.1 Å². The summed E-state index contributed by atoms with van der Waals surface area (Å²) in [6.07, 6.45) is 0. The predicted molar refractivity (Wildman–Crippen MR) is 273 cm³/mol. The van der Waals surface area contributed by atoms with Crippen LogP contribution in [0.4, 0.5) is 39.0 Å². The molecule has 0 spiro atoms. The summed E-state index contributed by atoms with van der Waals surface area (Å²) >= 11 is 17.8. The van der Waals surface area contributed by atoms with Crippen LogP contribution in [0.1, 0.15) is 16.7 Å². The van der Waals surface area contributed by atoms with Crippen molar-refractivity contribution in [1.29, 1.82) is 0 Å². The van der Waals surface area contributed by atoms with E-state index in [1.54, 1.807) is 44.6 Å². The number of ether oxygens (including phenoxy) is 6. The van der Waals surface area contributed by atoms with Gasteiger partial charge in [0.25, 0.3) is 0 Å². The van der Waals surface area contributed by atoms with E-state index in [4.69, 9.17) is 45.8 Å². The minimum Gasteiger partial charge on any atom is -0.493 e. The van der Waals surface area contributed by atoms with Crippen molar-refractivity contribution < 1.29 is 60.2 Å². The van der Waals surface area contributed by atoms with Crippen LogP contribution < -0.4 is 34.2 Å². The molecule has 0 unspecified atom stereocenters. The summed E-state index contributed by atoms with van der Waals surface area (Å²) in [5.74, 6) is 0.121. The van der Waals surface area contributed by atoms with Crippen LogP contribution in [0.25, 0.3) is 0 Å². The second-order valence-electron chi connectivity index (χ2n) is 14.2. The number of nitrogens with two attached hydrogens (primary N) is 1. The number of nitro groups is 2. The molecule has 0 atom stereocenters. The van der Waals surface area contributed by atoms with Crippen molar-refractivity contribution in [1.82, 2.24) is 0 Å². The van der Waals surface area contributed by atoms with Gasteiger partial charge in [0.1, 0.15) is 29.0 Å². The lowest BCUT2D eigenvalue weighted by Gasteiger charge is -2.13. The van der Waals surface area contributed by atoms with Gasteiger partial charge in [-0.15, -0.1) is 0 Å². The first-order chi connectivity index (χ1) is 33.5. The molecule has 0 saturated carbocycles. The van der Waals surface area contributed by atoms with Crippen LogP contribution in [0.3, 0.4) is 0 Å². The van der Waals surface area contributed by atoms with E-state index in [-0.39, 0.29) is 29.9 Å². The highest BCUT2D eigenvalue weighted by molar-refractivity contribution is 9.11. The largest absolute Gasteiger partial charge is 0.493 e. The number of aryl methyl sites for hydroxylation is 3. The number of nitrogen functional groups attached to an aromatic ring is 1. The van der Waals surface area contributed by atoms with Gasteiger partial charge in [0.2, 0.25) is 11.6 Å². The molecule has 0 bridgehead atoms. The summed E-state index contributed by atoms with van der Waals surface area (Å²) < 4.78 is 98.3. The topological polar surface area (TPSA) is 168 Å². The third-order valence-corrected chi connectivity index (χ3v) is 11.8. The quantitative estimate of drug-likeness (QED) is 0.0430. The Morgan fingerprint density at radius 1 is 0.437 bits per heavy atom. The Morgan fingerprint density at radius 3 is 1.20 bits per heavy atom. The average molecular weight is 1270 g/mol. The fourth-order valence-corrected chi connectivity index (χ4v) is 7.01. The normalized spacial score (nSPS) is 10.3. The zero-order valence-corrected chi connectivity index (χ0v) is 44.7. The van der Waals surface area contributed by atoms with Crippen molar-refractivity contribution in [3.05, 3.63) is 192 Å². The first kappa shape index (κ1) is 57.4. The van der Waals surface area contributed by atoms with Gasteiger partial charge in [-0.1, -0.05) is 29.8 Å². The molecule has 71 heavy (non-hydrogen) atoms. The highest BCUT2D eigenvalue weighted by atomic mass is 79.9. The Kier molecular flexibility index (Phi) is 21.3. The minimum absolute atomic E-state index is 0.0737. The Morgan fingerprint density at radius 2 is 0.775 bits per heavy atom. The highest BCUT2D eigenvalue weighted by Gasteiger charge is 2.22. The van der Waals surface area contributed by atoms with Gasteiger partial charge in [-0.3, -0.25) is 20.2 Å². The van der Waals surface area contributed by atoms with Gasteiger partial charge in [0, 0.05) is 18.2 Å². The van der Waals surface area contributed by atoms with E-state index in [1.807, 2.05) is 45.0 Å². The van der Waals surface area contributed by atoms with Crippen LogP contribution in [-0.2, 0) is 0 Å². The van der Waals surface area contributed by atoms with Crippen LogP contribution in [0.2, 0.25) is 5.02 Å². The maximum atomic E-state index is 13.4. The van der Waals surface area contributed by atoms with Crippen molar-refractivity contribution >= 4 is 92.4 Å². The number of hydrogen-bond acceptors (Lipinski definition) is 11. The van der Waals surface area contributed by atoms with E-state index in [1.165, 1.54) is 37.4 Å². The van der Waals surface area contributed by atoms with Crippen molar-refractivity contribution in [2.75, 3.05) is 27.1 Å². The summed E-state index contributed by atoms with van der Waals surface area (Å²) in [4.78, 5) is 19.4. The van der Waals surface area contributed by atoms with Crippen molar-refractivity contribution in [2.45, 2.75) is 20.8 Å². The van der Waals surface area contributed by atoms with E-state index in [2.05, 4.69) is 63.7 Å². The number of anilines is 1. The molecule has 374 valence electrons. The SMILES string of the molecule is COc1cc(C)ccc1Oc1cc(Br)c(F)cc1Cl.COc1cc(C)ccc1Oc1cc(Br)c(F)cc1N.COc1cc(C)ccc1Oc1cc(Br)c(F)cc1[N+](=O)[O-].O=[N+]([O-])c1cc(F)c(Br)cc1F. The van der Waals surface area contributed by atoms with Crippen molar-refractivity contribution in [3.8, 4) is 51.7 Å². The zero-order chi connectivity index (χ0) is 52.9. The Bertz CT molecular complexity index is 2980. The fraction of sp³-hybridized carbons (Fsp3) is 0.125. The van der Waals surface area contributed by atoms with Crippen molar-refractivity contribution in [3.63, 3.8) is 0 Å². The molecule has 0 aliphatic carbocycles. The molecule has 0 aliphatic rings. The molecule has 0 heterocycles. The molecule has 7 rings (SSSR count). The molecule has 0 saturated heterocycles. The van der Waals surface area contributed by atoms with E-state index in [9.17, 15) is 42.2 Å². The van der Waals surface area contributed by atoms with Gasteiger partial charge in [0.05, 0.1) is 71.9 Å². The van der Waals surface area contributed by atoms with Crippen LogP contribution in [-0.4, -0.2) is 31.2 Å². The summed E-state index contributed by atoms with van der Waals surface area (Å²) in [5, 5.41) is 21.3. The molecule has 0 aromatic heterocycles. The summed E-state index contributed by atoms with van der Waals surface area (Å²) in [6, 6.07) is 24.8. The highest BCUT2D eigenvalue weighted by Crippen LogP contribution is 2.41. The molecule has 7 aromatic carbocycles. The minimum atomic E-state index is -1.06. The Hall–Kier alpha value is -6.20. The van der Waals surface area contributed by atoms with E-state index in [0.717, 1.165) is 22.8 Å². The molecule has 0 radical (unpaired) electrons. The average Bonchev–Trinajstić information content (AvgIpc) is 3.31. The Labute approximate surface area is 441 Å². The molecule has 2 N–H and O–H groups in total. The molecule has 7 aromatic rings. The lowest BCUT2D eigenvalue weighted by Crippen LogP contribution is -1.97. The van der Waals surface area contributed by atoms with Gasteiger partial charge in [-0.05, 0) is 156 Å². The molecule has 13 nitrogen and oxygen atoms in total. The molecular weight excluding hydrogens is 1230 g/mol. The van der Waals surface area contributed by atoms with Crippen LogP contribution in [0.5, 0.6) is 51.7 Å². The number of methoxy groups -OCH3 is 3. The third-order valence-electron chi connectivity index (χ3n) is 9.03. The lowest BCUT2D eigenvalue weighted by molar-refractivity contribution is -0.387. The predicted octanol–water partition coefficient (Wildman–Crippen LogP) is 16.9. The smallest absolute Gasteiger partial charge is 0.314 e. The number of nitrogens with zero attached hydrogens (tertiary/aromatic N) is 2. The first-order valence-corrected chi connectivity index (χ1v) is 23.3. The summed E-state index contributed by atoms with van der Waals surface area (Å²) in [6.45, 7) is 5.78. The van der Waals surface area contributed by atoms with E-state index < -0.39 is 50.3 Å². The van der Waals surface area contributed by atoms with Crippen LogP contribution in [0.15, 0.2) is 121 Å². The van der Waals surface area contributed by atoms with Gasteiger partial charge in [0.15, 0.2) is 40.2 Å². The zero-order valence-electron chi connectivity index (χ0n) is 37.6. The molecule has 0 aliphatic heterocycles. The summed E-state index contributed by atoms with van der Waals surface area (Å²) in [7, 11) is 4.59. The lowest BCUT2D eigenvalue weighted by atomic mass is 10.2. The van der Waals surface area contributed by atoms with Gasteiger partial charge >= 0.3 is 11.4 Å². The maximum Gasteiger partial charge on any atom is 0.314 e. The third kappa shape index (κ3) is 16.2. The van der Waals surface area contributed by atoms with Gasteiger partial charge < -0.3 is 34.2 Å². The second kappa shape index (κ2) is 26.3. The van der Waals surface area contributed by atoms with E-state index >= 15 is 0 Å². The monoisotopic (exact) mass is 1260 g/mol. The number of hydrogen-bond donors (Lipinski definition) is 1. The summed E-state index contributed by atoms with van der Waals surface area (Å²) in [5.41, 5.74) is 7.69. The number of rotatable bonds is 11. The molecule has 0 fully saturated rings. The fourth-order valence-electron chi connectivity index (χ4n) is 5.54. The van der Waals surface area contributed by atoms with Crippen molar-refractivity contribution in [2.24, 2.45) is 0 Å². The van der Waals surface area contributed by atoms with Crippen LogP contribution >= 0.6 is 75.3 Å². The first-order valence-electron chi connectivity index (χ1n) is 19.8. The second-order valence-corrected chi connectivity index (χ2v) is 18.1. The Balaban J connectivity index is 0.000000209. The molecule has 0 amide bonds. The number of halogens is 10.